The first kappa shape index (κ1) is 23.1. The Bertz CT molecular complexity index is 1190. The minimum absolute atomic E-state index is 0.194. The molecule has 0 spiro atoms. The van der Waals surface area contributed by atoms with Crippen LogP contribution in [-0.2, 0) is 21.4 Å². The zero-order valence-electron chi connectivity index (χ0n) is 18.0. The standard InChI is InChI=1S/C23H25N3O5S/c1-16-10-12-18(13-11-16)26(32(3,29)30)17(2)22(27)25-21-9-5-4-8-20(21)23(28)24-15-19-7-6-14-31-19/h4-14,17H,15H2,1-3H3,(H,24,28)(H,25,27). The van der Waals surface area contributed by atoms with Crippen molar-refractivity contribution in [1.82, 2.24) is 5.32 Å². The molecule has 32 heavy (non-hydrogen) atoms. The lowest BCUT2D eigenvalue weighted by Crippen LogP contribution is -2.45. The van der Waals surface area contributed by atoms with Gasteiger partial charge in [-0.1, -0.05) is 29.8 Å². The van der Waals surface area contributed by atoms with Crippen LogP contribution in [0.15, 0.2) is 71.3 Å². The highest BCUT2D eigenvalue weighted by molar-refractivity contribution is 7.92. The Hall–Kier alpha value is -3.59. The van der Waals surface area contributed by atoms with Crippen LogP contribution < -0.4 is 14.9 Å². The predicted molar refractivity (Wildman–Crippen MR) is 123 cm³/mol. The highest BCUT2D eigenvalue weighted by atomic mass is 32.2. The van der Waals surface area contributed by atoms with Gasteiger partial charge in [-0.15, -0.1) is 0 Å². The molecule has 1 atom stereocenters. The maximum atomic E-state index is 13.0. The van der Waals surface area contributed by atoms with Gasteiger partial charge in [0.15, 0.2) is 0 Å². The summed E-state index contributed by atoms with van der Waals surface area (Å²) in [6.45, 7) is 3.58. The van der Waals surface area contributed by atoms with E-state index in [0.717, 1.165) is 16.1 Å². The molecule has 3 rings (SSSR count). The molecule has 1 heterocycles. The number of sulfonamides is 1. The topological polar surface area (TPSA) is 109 Å². The van der Waals surface area contributed by atoms with E-state index in [9.17, 15) is 18.0 Å². The Labute approximate surface area is 187 Å². The van der Waals surface area contributed by atoms with Crippen LogP contribution in [0.4, 0.5) is 11.4 Å². The van der Waals surface area contributed by atoms with Gasteiger partial charge in [0.25, 0.3) is 5.91 Å². The number of carbonyl (C=O) groups is 2. The quantitative estimate of drug-likeness (QED) is 0.542. The number of amides is 2. The fourth-order valence-corrected chi connectivity index (χ4v) is 4.38. The van der Waals surface area contributed by atoms with E-state index in [0.29, 0.717) is 11.4 Å². The monoisotopic (exact) mass is 455 g/mol. The van der Waals surface area contributed by atoms with E-state index in [2.05, 4.69) is 10.6 Å². The summed E-state index contributed by atoms with van der Waals surface area (Å²) in [4.78, 5) is 25.6. The van der Waals surface area contributed by atoms with Gasteiger partial charge in [0.2, 0.25) is 15.9 Å². The molecule has 0 radical (unpaired) electrons. The van der Waals surface area contributed by atoms with Crippen molar-refractivity contribution in [3.8, 4) is 0 Å². The molecule has 0 aliphatic carbocycles. The van der Waals surface area contributed by atoms with Crippen LogP contribution >= 0.6 is 0 Å². The summed E-state index contributed by atoms with van der Waals surface area (Å²) in [5.41, 5.74) is 1.87. The minimum Gasteiger partial charge on any atom is -0.467 e. The molecule has 2 N–H and O–H groups in total. The van der Waals surface area contributed by atoms with Crippen LogP contribution in [0, 0.1) is 6.92 Å². The molecule has 0 bridgehead atoms. The second-order valence-corrected chi connectivity index (χ2v) is 9.23. The second-order valence-electron chi connectivity index (χ2n) is 7.37. The number of rotatable bonds is 8. The molecule has 1 unspecified atom stereocenters. The molecule has 0 aliphatic rings. The molecular weight excluding hydrogens is 430 g/mol. The Morgan fingerprint density at radius 3 is 2.34 bits per heavy atom. The number of furan rings is 1. The predicted octanol–water partition coefficient (Wildman–Crippen LogP) is 3.31. The maximum absolute atomic E-state index is 13.0. The van der Waals surface area contributed by atoms with Crippen LogP contribution in [-0.4, -0.2) is 32.5 Å². The third-order valence-corrected chi connectivity index (χ3v) is 6.05. The van der Waals surface area contributed by atoms with Crippen molar-refractivity contribution >= 4 is 33.2 Å². The van der Waals surface area contributed by atoms with Crippen LogP contribution in [0.5, 0.6) is 0 Å². The normalized spacial score (nSPS) is 12.1. The zero-order chi connectivity index (χ0) is 23.3. The smallest absolute Gasteiger partial charge is 0.253 e. The van der Waals surface area contributed by atoms with Crippen molar-refractivity contribution in [2.24, 2.45) is 0 Å². The average Bonchev–Trinajstić information content (AvgIpc) is 3.26. The average molecular weight is 456 g/mol. The van der Waals surface area contributed by atoms with E-state index >= 15 is 0 Å². The molecule has 8 nitrogen and oxygen atoms in total. The number of benzene rings is 2. The van der Waals surface area contributed by atoms with Gasteiger partial charge in [-0.05, 0) is 50.2 Å². The van der Waals surface area contributed by atoms with E-state index in [-0.39, 0.29) is 17.8 Å². The fraction of sp³-hybridized carbons (Fsp3) is 0.217. The van der Waals surface area contributed by atoms with Gasteiger partial charge in [0.05, 0.1) is 36.0 Å². The summed E-state index contributed by atoms with van der Waals surface area (Å²) >= 11 is 0. The molecule has 0 saturated carbocycles. The van der Waals surface area contributed by atoms with E-state index in [1.807, 2.05) is 6.92 Å². The minimum atomic E-state index is -3.74. The first-order valence-electron chi connectivity index (χ1n) is 9.93. The van der Waals surface area contributed by atoms with Gasteiger partial charge in [-0.2, -0.15) is 0 Å². The summed E-state index contributed by atoms with van der Waals surface area (Å²) in [5.74, 6) is -0.374. The second kappa shape index (κ2) is 9.69. The Kier molecular flexibility index (Phi) is 6.99. The largest absolute Gasteiger partial charge is 0.467 e. The van der Waals surface area contributed by atoms with Crippen molar-refractivity contribution in [3.63, 3.8) is 0 Å². The first-order chi connectivity index (χ1) is 15.2. The number of nitrogens with zero attached hydrogens (tertiary/aromatic N) is 1. The zero-order valence-corrected chi connectivity index (χ0v) is 18.8. The van der Waals surface area contributed by atoms with Gasteiger partial charge in [-0.25, -0.2) is 8.42 Å². The highest BCUT2D eigenvalue weighted by Crippen LogP contribution is 2.23. The summed E-state index contributed by atoms with van der Waals surface area (Å²) < 4.78 is 31.2. The molecule has 168 valence electrons. The summed E-state index contributed by atoms with van der Waals surface area (Å²) in [6, 6.07) is 15.8. The summed E-state index contributed by atoms with van der Waals surface area (Å²) in [7, 11) is -3.74. The number of anilines is 2. The van der Waals surface area contributed by atoms with Crippen LogP contribution in [0.25, 0.3) is 0 Å². The lowest BCUT2D eigenvalue weighted by molar-refractivity contribution is -0.116. The summed E-state index contributed by atoms with van der Waals surface area (Å²) in [6.07, 6.45) is 2.56. The van der Waals surface area contributed by atoms with Crippen molar-refractivity contribution in [2.75, 3.05) is 15.9 Å². The molecule has 2 amide bonds. The lowest BCUT2D eigenvalue weighted by atomic mass is 10.1. The number of nitrogens with one attached hydrogen (secondary N) is 2. The van der Waals surface area contributed by atoms with E-state index in [1.165, 1.54) is 13.2 Å². The van der Waals surface area contributed by atoms with Crippen molar-refractivity contribution < 1.29 is 22.4 Å². The third kappa shape index (κ3) is 5.55. The molecule has 1 aromatic heterocycles. The maximum Gasteiger partial charge on any atom is 0.253 e. The van der Waals surface area contributed by atoms with E-state index in [4.69, 9.17) is 4.42 Å². The SMILES string of the molecule is Cc1ccc(N(C(C)C(=O)Nc2ccccc2C(=O)NCc2ccco2)S(C)(=O)=O)cc1. The molecule has 9 heteroatoms. The van der Waals surface area contributed by atoms with Gasteiger partial charge < -0.3 is 15.1 Å². The number of hydrogen-bond acceptors (Lipinski definition) is 5. The molecule has 3 aromatic rings. The summed E-state index contributed by atoms with van der Waals surface area (Å²) in [5, 5.41) is 5.42. The van der Waals surface area contributed by atoms with Gasteiger partial charge >= 0.3 is 0 Å². The Morgan fingerprint density at radius 2 is 1.72 bits per heavy atom. The molecular formula is C23H25N3O5S. The van der Waals surface area contributed by atoms with Gasteiger partial charge in [-0.3, -0.25) is 13.9 Å². The van der Waals surface area contributed by atoms with E-state index < -0.39 is 27.9 Å². The van der Waals surface area contributed by atoms with Crippen LogP contribution in [0.3, 0.4) is 0 Å². The molecule has 2 aromatic carbocycles. The van der Waals surface area contributed by atoms with E-state index in [1.54, 1.807) is 60.7 Å². The molecule has 0 saturated heterocycles. The third-order valence-electron chi connectivity index (χ3n) is 4.81. The van der Waals surface area contributed by atoms with Crippen LogP contribution in [0.1, 0.15) is 28.6 Å². The molecule has 0 fully saturated rings. The van der Waals surface area contributed by atoms with Gasteiger partial charge in [0.1, 0.15) is 11.8 Å². The van der Waals surface area contributed by atoms with Crippen molar-refractivity contribution in [1.29, 1.82) is 0 Å². The number of hydrogen-bond donors (Lipinski definition) is 2. The highest BCUT2D eigenvalue weighted by Gasteiger charge is 2.29. The number of carbonyl (C=O) groups excluding carboxylic acids is 2. The molecule has 0 aliphatic heterocycles. The lowest BCUT2D eigenvalue weighted by Gasteiger charge is -2.28. The van der Waals surface area contributed by atoms with Crippen molar-refractivity contribution in [3.05, 3.63) is 83.8 Å². The number of para-hydroxylation sites is 1. The van der Waals surface area contributed by atoms with Crippen molar-refractivity contribution in [2.45, 2.75) is 26.4 Å². The Balaban J connectivity index is 1.79. The Morgan fingerprint density at radius 1 is 1.03 bits per heavy atom. The van der Waals surface area contributed by atoms with Gasteiger partial charge in [0, 0.05) is 0 Å². The fourth-order valence-electron chi connectivity index (χ4n) is 3.20. The number of aryl methyl sites for hydroxylation is 1. The first-order valence-corrected chi connectivity index (χ1v) is 11.8. The van der Waals surface area contributed by atoms with Crippen LogP contribution in [0.2, 0.25) is 0 Å².